The van der Waals surface area contributed by atoms with Gasteiger partial charge in [-0.25, -0.2) is 12.7 Å². The van der Waals surface area contributed by atoms with Gasteiger partial charge in [0, 0.05) is 63.4 Å². The van der Waals surface area contributed by atoms with Crippen molar-refractivity contribution in [3.8, 4) is 0 Å². The van der Waals surface area contributed by atoms with Crippen molar-refractivity contribution in [2.24, 2.45) is 4.99 Å². The van der Waals surface area contributed by atoms with Crippen molar-refractivity contribution >= 4 is 57.6 Å². The highest BCUT2D eigenvalue weighted by Gasteiger charge is 2.24. The van der Waals surface area contributed by atoms with Crippen LogP contribution in [0.2, 0.25) is 0 Å². The molecule has 9 nitrogen and oxygen atoms in total. The number of halogens is 1. The van der Waals surface area contributed by atoms with Crippen molar-refractivity contribution < 1.29 is 13.2 Å². The Morgan fingerprint density at radius 3 is 2.30 bits per heavy atom. The standard InChI is InChI=1S/C18H36N6O3S2.HI/c1-4-19-18(20-5-14-29(26,27)24-10-12-28-13-11-24)23-8-6-22(7-9-23)15-17(25)21-16(2)3;/h16H,4-15H2,1-3H3,(H,19,20)(H,21,25);1H. The van der Waals surface area contributed by atoms with Crippen molar-refractivity contribution in [2.45, 2.75) is 26.8 Å². The summed E-state index contributed by atoms with van der Waals surface area (Å²) in [6.07, 6.45) is 0. The molecule has 2 rings (SSSR count). The minimum atomic E-state index is -3.24. The topological polar surface area (TPSA) is 97.3 Å². The molecular formula is C18H37IN6O3S2. The zero-order valence-corrected chi connectivity index (χ0v) is 22.3. The van der Waals surface area contributed by atoms with E-state index >= 15 is 0 Å². The molecule has 0 aliphatic carbocycles. The minimum absolute atomic E-state index is 0. The van der Waals surface area contributed by atoms with Gasteiger partial charge in [-0.1, -0.05) is 0 Å². The van der Waals surface area contributed by atoms with Crippen LogP contribution in [0, 0.1) is 0 Å². The molecule has 0 atom stereocenters. The van der Waals surface area contributed by atoms with E-state index < -0.39 is 10.0 Å². The first-order valence-corrected chi connectivity index (χ1v) is 13.2. The number of thioether (sulfide) groups is 1. The molecule has 0 aromatic heterocycles. The molecule has 2 saturated heterocycles. The van der Waals surface area contributed by atoms with Crippen LogP contribution in [0.5, 0.6) is 0 Å². The van der Waals surface area contributed by atoms with E-state index in [1.54, 1.807) is 16.1 Å². The van der Waals surface area contributed by atoms with Gasteiger partial charge in [0.1, 0.15) is 0 Å². The Morgan fingerprint density at radius 1 is 1.10 bits per heavy atom. The van der Waals surface area contributed by atoms with E-state index in [1.807, 2.05) is 20.8 Å². The highest BCUT2D eigenvalue weighted by molar-refractivity contribution is 14.0. The number of nitrogens with one attached hydrogen (secondary N) is 2. The third kappa shape index (κ3) is 9.45. The molecule has 2 aliphatic heterocycles. The molecule has 30 heavy (non-hydrogen) atoms. The number of rotatable bonds is 8. The van der Waals surface area contributed by atoms with Gasteiger partial charge in [0.15, 0.2) is 5.96 Å². The van der Waals surface area contributed by atoms with Gasteiger partial charge in [0.05, 0.1) is 18.8 Å². The maximum absolute atomic E-state index is 12.5. The van der Waals surface area contributed by atoms with Crippen LogP contribution >= 0.6 is 35.7 Å². The summed E-state index contributed by atoms with van der Waals surface area (Å²) in [5, 5.41) is 6.19. The second-order valence-corrected chi connectivity index (χ2v) is 10.9. The average Bonchev–Trinajstić information content (AvgIpc) is 2.68. The lowest BCUT2D eigenvalue weighted by Crippen LogP contribution is -2.54. The first-order valence-electron chi connectivity index (χ1n) is 10.4. The van der Waals surface area contributed by atoms with Crippen molar-refractivity contribution in [1.82, 2.24) is 24.7 Å². The fourth-order valence-electron chi connectivity index (χ4n) is 3.34. The number of sulfonamides is 1. The number of guanidine groups is 1. The monoisotopic (exact) mass is 576 g/mol. The number of hydrogen-bond donors (Lipinski definition) is 2. The van der Waals surface area contributed by atoms with E-state index in [9.17, 15) is 13.2 Å². The smallest absolute Gasteiger partial charge is 0.234 e. The highest BCUT2D eigenvalue weighted by atomic mass is 127. The molecule has 0 bridgehead atoms. The first kappa shape index (κ1) is 27.7. The number of piperazine rings is 1. The zero-order valence-electron chi connectivity index (χ0n) is 18.3. The molecule has 2 fully saturated rings. The Balaban J connectivity index is 0.00000450. The van der Waals surface area contributed by atoms with Crippen LogP contribution in [-0.4, -0.2) is 117 Å². The molecular weight excluding hydrogens is 539 g/mol. The van der Waals surface area contributed by atoms with Gasteiger partial charge < -0.3 is 15.5 Å². The lowest BCUT2D eigenvalue weighted by Gasteiger charge is -2.36. The molecule has 0 aromatic rings. The van der Waals surface area contributed by atoms with Crippen LogP contribution in [0.15, 0.2) is 4.99 Å². The normalized spacial score (nSPS) is 19.5. The minimum Gasteiger partial charge on any atom is -0.357 e. The maximum Gasteiger partial charge on any atom is 0.234 e. The summed E-state index contributed by atoms with van der Waals surface area (Å²) < 4.78 is 26.6. The van der Waals surface area contributed by atoms with Gasteiger partial charge in [0.25, 0.3) is 0 Å². The largest absolute Gasteiger partial charge is 0.357 e. The Labute approximate surface area is 202 Å². The van der Waals surface area contributed by atoms with Gasteiger partial charge in [-0.05, 0) is 20.8 Å². The molecule has 0 saturated carbocycles. The number of amides is 1. The van der Waals surface area contributed by atoms with Gasteiger partial charge in [-0.15, -0.1) is 24.0 Å². The van der Waals surface area contributed by atoms with Crippen LogP contribution in [0.4, 0.5) is 0 Å². The molecule has 2 aliphatic rings. The van der Waals surface area contributed by atoms with Gasteiger partial charge in [0.2, 0.25) is 15.9 Å². The summed E-state index contributed by atoms with van der Waals surface area (Å²) in [7, 11) is -3.24. The third-order valence-electron chi connectivity index (χ3n) is 4.80. The molecule has 2 heterocycles. The van der Waals surface area contributed by atoms with E-state index in [1.165, 1.54) is 0 Å². The average molecular weight is 577 g/mol. The molecule has 2 N–H and O–H groups in total. The molecule has 0 radical (unpaired) electrons. The van der Waals surface area contributed by atoms with Gasteiger partial charge in [-0.2, -0.15) is 11.8 Å². The first-order chi connectivity index (χ1) is 13.8. The van der Waals surface area contributed by atoms with Crippen LogP contribution in [-0.2, 0) is 14.8 Å². The second kappa shape index (κ2) is 14.0. The van der Waals surface area contributed by atoms with E-state index in [2.05, 4.69) is 25.4 Å². The summed E-state index contributed by atoms with van der Waals surface area (Å²) in [6.45, 7) is 11.6. The predicted molar refractivity (Wildman–Crippen MR) is 135 cm³/mol. The fraction of sp³-hybridized carbons (Fsp3) is 0.889. The van der Waals surface area contributed by atoms with Crippen LogP contribution < -0.4 is 10.6 Å². The van der Waals surface area contributed by atoms with Crippen molar-refractivity contribution in [2.75, 3.05) is 76.2 Å². The van der Waals surface area contributed by atoms with Crippen LogP contribution in [0.1, 0.15) is 20.8 Å². The van der Waals surface area contributed by atoms with Crippen molar-refractivity contribution in [3.63, 3.8) is 0 Å². The second-order valence-electron chi connectivity index (χ2n) is 7.55. The Hall–Kier alpha value is -0.310. The highest BCUT2D eigenvalue weighted by Crippen LogP contribution is 2.13. The fourth-order valence-corrected chi connectivity index (χ4v) is 5.79. The summed E-state index contributed by atoms with van der Waals surface area (Å²) >= 11 is 1.80. The van der Waals surface area contributed by atoms with Gasteiger partial charge in [-0.3, -0.25) is 14.7 Å². The number of carbonyl (C=O) groups is 1. The van der Waals surface area contributed by atoms with Crippen molar-refractivity contribution in [1.29, 1.82) is 0 Å². The number of nitrogens with zero attached hydrogens (tertiary/aromatic N) is 4. The Bertz CT molecular complexity index is 648. The summed E-state index contributed by atoms with van der Waals surface area (Å²) in [4.78, 5) is 20.8. The van der Waals surface area contributed by atoms with E-state index in [4.69, 9.17) is 0 Å². The summed E-state index contributed by atoms with van der Waals surface area (Å²) in [6, 6.07) is 0.149. The van der Waals surface area contributed by atoms with E-state index in [0.29, 0.717) is 19.6 Å². The number of aliphatic imine (C=N–C) groups is 1. The molecule has 176 valence electrons. The lowest BCUT2D eigenvalue weighted by molar-refractivity contribution is -0.123. The quantitative estimate of drug-likeness (QED) is 0.240. The van der Waals surface area contributed by atoms with Crippen LogP contribution in [0.3, 0.4) is 0 Å². The Morgan fingerprint density at radius 2 is 1.73 bits per heavy atom. The molecule has 12 heteroatoms. The molecule has 1 amide bonds. The molecule has 0 spiro atoms. The SMILES string of the molecule is CCNC(=NCCS(=O)(=O)N1CCSCC1)N1CCN(CC(=O)NC(C)C)CC1.I. The predicted octanol–water partition coefficient (Wildman–Crippen LogP) is 0.0907. The van der Waals surface area contributed by atoms with Gasteiger partial charge >= 0.3 is 0 Å². The lowest BCUT2D eigenvalue weighted by atomic mass is 10.3. The van der Waals surface area contributed by atoms with Crippen molar-refractivity contribution in [3.05, 3.63) is 0 Å². The zero-order chi connectivity index (χ0) is 21.3. The van der Waals surface area contributed by atoms with Crippen LogP contribution in [0.25, 0.3) is 0 Å². The summed E-state index contributed by atoms with van der Waals surface area (Å²) in [5.41, 5.74) is 0. The van der Waals surface area contributed by atoms with E-state index in [0.717, 1.165) is 50.2 Å². The summed E-state index contributed by atoms with van der Waals surface area (Å²) in [5.74, 6) is 2.58. The molecule has 0 unspecified atom stereocenters. The third-order valence-corrected chi connectivity index (χ3v) is 7.59. The maximum atomic E-state index is 12.5. The molecule has 0 aromatic carbocycles. The number of carbonyl (C=O) groups excluding carboxylic acids is 1. The number of hydrogen-bond acceptors (Lipinski definition) is 6. The Kier molecular flexibility index (Phi) is 12.9. The van der Waals surface area contributed by atoms with E-state index in [-0.39, 0.29) is 48.2 Å².